The zero-order valence-corrected chi connectivity index (χ0v) is 34.1. The average Bonchev–Trinajstić information content (AvgIpc) is 3.65. The van der Waals surface area contributed by atoms with Crippen molar-refractivity contribution in [2.45, 2.75) is 5.41 Å². The maximum Gasteiger partial charge on any atom is 0.0714 e. The third kappa shape index (κ3) is 5.56. The van der Waals surface area contributed by atoms with E-state index >= 15 is 0 Å². The lowest BCUT2D eigenvalue weighted by atomic mass is 9.67. The van der Waals surface area contributed by atoms with Gasteiger partial charge in [-0.1, -0.05) is 212 Å². The number of rotatable bonds is 7. The van der Waals surface area contributed by atoms with Crippen LogP contribution in [0.3, 0.4) is 0 Å². The fourth-order valence-electron chi connectivity index (χ4n) is 10.5. The van der Waals surface area contributed by atoms with Crippen LogP contribution in [0.2, 0.25) is 0 Å². The van der Waals surface area contributed by atoms with Crippen LogP contribution in [-0.2, 0) is 5.41 Å². The molecule has 0 saturated heterocycles. The van der Waals surface area contributed by atoms with Crippen LogP contribution in [0.5, 0.6) is 0 Å². The Labute approximate surface area is 362 Å². The maximum absolute atomic E-state index is 2.51. The van der Waals surface area contributed by atoms with Gasteiger partial charge in [0.15, 0.2) is 0 Å². The van der Waals surface area contributed by atoms with Gasteiger partial charge in [-0.05, 0) is 119 Å². The highest BCUT2D eigenvalue weighted by atomic mass is 15.1. The smallest absolute Gasteiger partial charge is 0.0714 e. The Morgan fingerprint density at radius 1 is 0.290 bits per heavy atom. The molecule has 0 amide bonds. The quantitative estimate of drug-likeness (QED) is 0.145. The lowest BCUT2D eigenvalue weighted by Crippen LogP contribution is -2.28. The summed E-state index contributed by atoms with van der Waals surface area (Å²) in [5, 5.41) is 7.45. The van der Waals surface area contributed by atoms with Gasteiger partial charge in [-0.15, -0.1) is 0 Å². The molecule has 0 heterocycles. The molecule has 1 aliphatic rings. The molecule has 0 bridgehead atoms. The summed E-state index contributed by atoms with van der Waals surface area (Å²) in [4.78, 5) is 2.51. The molecule has 11 aromatic carbocycles. The van der Waals surface area contributed by atoms with E-state index in [4.69, 9.17) is 0 Å². The third-order valence-corrected chi connectivity index (χ3v) is 13.1. The minimum Gasteiger partial charge on any atom is -0.310 e. The van der Waals surface area contributed by atoms with E-state index in [0.717, 1.165) is 17.1 Å². The standard InChI is InChI=1S/C61H41N/c1-4-20-43(21-5-1)60-51-30-13-10-19-42(51)35-38-59(60)62(48-28-18-23-44(39-48)56-40-45-22-11-12-29-50(45)52-31-14-15-32-53(52)56)49-36-37-55-54-33-16-17-34-57(54)61(58(55)41-49,46-24-6-2-7-25-46)47-26-8-3-9-27-47/h1-41H. The highest BCUT2D eigenvalue weighted by Crippen LogP contribution is 2.57. The Morgan fingerprint density at radius 2 is 0.855 bits per heavy atom. The molecule has 62 heavy (non-hydrogen) atoms. The molecule has 1 aliphatic carbocycles. The maximum atomic E-state index is 2.51. The minimum atomic E-state index is -0.534. The number of hydrogen-bond acceptors (Lipinski definition) is 1. The molecule has 11 aromatic rings. The summed E-state index contributed by atoms with van der Waals surface area (Å²) in [6, 6.07) is 91.8. The van der Waals surface area contributed by atoms with Crippen LogP contribution in [0.25, 0.3) is 65.7 Å². The minimum absolute atomic E-state index is 0.534. The molecule has 0 N–H and O–H groups in total. The highest BCUT2D eigenvalue weighted by molar-refractivity contribution is 6.14. The van der Waals surface area contributed by atoms with Crippen molar-refractivity contribution in [3.8, 4) is 33.4 Å². The average molecular weight is 788 g/mol. The van der Waals surface area contributed by atoms with Crippen LogP contribution in [-0.4, -0.2) is 0 Å². The van der Waals surface area contributed by atoms with Gasteiger partial charge < -0.3 is 4.90 Å². The zero-order chi connectivity index (χ0) is 41.0. The SMILES string of the molecule is c1ccc(-c2c(N(c3cccc(-c4cc5ccccc5c5ccccc45)c3)c3ccc4c(c3)C(c3ccccc3)(c3ccccc3)c3ccccc3-4)ccc3ccccc23)cc1. The van der Waals surface area contributed by atoms with E-state index in [1.807, 2.05) is 0 Å². The molecule has 1 nitrogen and oxygen atoms in total. The van der Waals surface area contributed by atoms with Gasteiger partial charge in [0.2, 0.25) is 0 Å². The number of benzene rings is 11. The van der Waals surface area contributed by atoms with E-state index in [1.54, 1.807) is 0 Å². The van der Waals surface area contributed by atoms with Gasteiger partial charge in [-0.3, -0.25) is 0 Å². The van der Waals surface area contributed by atoms with E-state index in [-0.39, 0.29) is 0 Å². The first-order valence-electron chi connectivity index (χ1n) is 21.5. The van der Waals surface area contributed by atoms with Crippen molar-refractivity contribution in [1.82, 2.24) is 0 Å². The second kappa shape index (κ2) is 14.6. The molecule has 0 fully saturated rings. The molecular weight excluding hydrogens is 747 g/mol. The first-order chi connectivity index (χ1) is 30.8. The van der Waals surface area contributed by atoms with Crippen molar-refractivity contribution in [2.75, 3.05) is 4.90 Å². The Balaban J connectivity index is 1.16. The lowest BCUT2D eigenvalue weighted by Gasteiger charge is -2.35. The van der Waals surface area contributed by atoms with Crippen molar-refractivity contribution in [1.29, 1.82) is 0 Å². The molecule has 0 aromatic heterocycles. The van der Waals surface area contributed by atoms with E-state index in [0.29, 0.717) is 0 Å². The number of anilines is 3. The molecule has 1 heteroatoms. The van der Waals surface area contributed by atoms with Crippen molar-refractivity contribution < 1.29 is 0 Å². The summed E-state index contributed by atoms with van der Waals surface area (Å²) in [6.45, 7) is 0. The van der Waals surface area contributed by atoms with Gasteiger partial charge in [0, 0.05) is 16.9 Å². The molecule has 0 atom stereocenters. The Hall–Kier alpha value is -8.00. The van der Waals surface area contributed by atoms with Gasteiger partial charge in [0.25, 0.3) is 0 Å². The lowest BCUT2D eigenvalue weighted by molar-refractivity contribution is 0.768. The molecule has 0 radical (unpaired) electrons. The summed E-state index contributed by atoms with van der Waals surface area (Å²) in [5.41, 5.74) is 15.2. The normalized spacial score (nSPS) is 12.6. The fourth-order valence-corrected chi connectivity index (χ4v) is 10.5. The van der Waals surface area contributed by atoms with Crippen LogP contribution in [0.4, 0.5) is 17.1 Å². The highest BCUT2D eigenvalue weighted by Gasteiger charge is 2.46. The largest absolute Gasteiger partial charge is 0.310 e. The van der Waals surface area contributed by atoms with E-state index < -0.39 is 5.41 Å². The molecule has 0 aliphatic heterocycles. The zero-order valence-electron chi connectivity index (χ0n) is 34.1. The van der Waals surface area contributed by atoms with Crippen molar-refractivity contribution in [3.05, 3.63) is 271 Å². The summed E-state index contributed by atoms with van der Waals surface area (Å²) >= 11 is 0. The monoisotopic (exact) mass is 787 g/mol. The van der Waals surface area contributed by atoms with Crippen LogP contribution < -0.4 is 4.90 Å². The summed E-state index contributed by atoms with van der Waals surface area (Å²) < 4.78 is 0. The predicted octanol–water partition coefficient (Wildman–Crippen LogP) is 16.3. The molecule has 0 spiro atoms. The fraction of sp³-hybridized carbons (Fsp3) is 0.0164. The van der Waals surface area contributed by atoms with Crippen LogP contribution in [0.1, 0.15) is 22.3 Å². The summed E-state index contributed by atoms with van der Waals surface area (Å²) in [6.07, 6.45) is 0. The second-order valence-electron chi connectivity index (χ2n) is 16.4. The first kappa shape index (κ1) is 35.9. The molecule has 0 saturated carbocycles. The van der Waals surface area contributed by atoms with E-state index in [1.165, 1.54) is 88.0 Å². The van der Waals surface area contributed by atoms with Crippen molar-refractivity contribution in [2.24, 2.45) is 0 Å². The topological polar surface area (TPSA) is 3.24 Å². The van der Waals surface area contributed by atoms with Gasteiger partial charge >= 0.3 is 0 Å². The molecular formula is C61H41N. The Morgan fingerprint density at radius 3 is 1.61 bits per heavy atom. The Kier molecular flexibility index (Phi) is 8.47. The summed E-state index contributed by atoms with van der Waals surface area (Å²) in [7, 11) is 0. The van der Waals surface area contributed by atoms with Crippen LogP contribution >= 0.6 is 0 Å². The molecule has 12 rings (SSSR count). The van der Waals surface area contributed by atoms with Gasteiger partial charge in [0.1, 0.15) is 0 Å². The number of hydrogen-bond donors (Lipinski definition) is 0. The number of nitrogens with zero attached hydrogens (tertiary/aromatic N) is 1. The third-order valence-electron chi connectivity index (χ3n) is 13.1. The Bertz CT molecular complexity index is 3420. The molecule has 0 unspecified atom stereocenters. The van der Waals surface area contributed by atoms with Crippen molar-refractivity contribution >= 4 is 49.4 Å². The number of fused-ring (bicyclic) bond motifs is 7. The van der Waals surface area contributed by atoms with E-state index in [9.17, 15) is 0 Å². The summed E-state index contributed by atoms with van der Waals surface area (Å²) in [5.74, 6) is 0. The van der Waals surface area contributed by atoms with Gasteiger partial charge in [0.05, 0.1) is 11.1 Å². The van der Waals surface area contributed by atoms with Crippen LogP contribution in [0, 0.1) is 0 Å². The predicted molar refractivity (Wildman–Crippen MR) is 262 cm³/mol. The van der Waals surface area contributed by atoms with E-state index in [2.05, 4.69) is 254 Å². The first-order valence-corrected chi connectivity index (χ1v) is 21.5. The second-order valence-corrected chi connectivity index (χ2v) is 16.4. The van der Waals surface area contributed by atoms with Gasteiger partial charge in [-0.2, -0.15) is 0 Å². The van der Waals surface area contributed by atoms with Crippen molar-refractivity contribution in [3.63, 3.8) is 0 Å². The van der Waals surface area contributed by atoms with Gasteiger partial charge in [-0.25, -0.2) is 0 Å². The molecule has 290 valence electrons. The van der Waals surface area contributed by atoms with Crippen LogP contribution in [0.15, 0.2) is 249 Å².